The van der Waals surface area contributed by atoms with Gasteiger partial charge in [-0.1, -0.05) is 0 Å². The van der Waals surface area contributed by atoms with Crippen molar-refractivity contribution in [1.82, 2.24) is 9.80 Å². The SMILES string of the molecule is Cc1ccsc1C(=O)N1CC[C@H]2CN(C)CCO[C@H]2C1. The fourth-order valence-electron chi connectivity index (χ4n) is 3.13. The molecule has 0 aromatic carbocycles. The number of ether oxygens (including phenoxy) is 1. The van der Waals surface area contributed by atoms with Gasteiger partial charge in [-0.2, -0.15) is 0 Å². The zero-order valence-electron chi connectivity index (χ0n) is 12.2. The number of rotatable bonds is 1. The van der Waals surface area contributed by atoms with Gasteiger partial charge in [0, 0.05) is 32.1 Å². The van der Waals surface area contributed by atoms with E-state index in [0.29, 0.717) is 5.92 Å². The van der Waals surface area contributed by atoms with E-state index in [4.69, 9.17) is 4.74 Å². The Morgan fingerprint density at radius 2 is 2.25 bits per heavy atom. The lowest BCUT2D eigenvalue weighted by Crippen LogP contribution is -2.48. The van der Waals surface area contributed by atoms with Gasteiger partial charge in [-0.3, -0.25) is 4.79 Å². The van der Waals surface area contributed by atoms with E-state index < -0.39 is 0 Å². The first-order valence-electron chi connectivity index (χ1n) is 7.28. The zero-order valence-corrected chi connectivity index (χ0v) is 13.0. The van der Waals surface area contributed by atoms with Gasteiger partial charge < -0.3 is 14.5 Å². The topological polar surface area (TPSA) is 32.8 Å². The van der Waals surface area contributed by atoms with E-state index >= 15 is 0 Å². The van der Waals surface area contributed by atoms with Crippen LogP contribution in [0.5, 0.6) is 0 Å². The maximum atomic E-state index is 12.6. The second-order valence-corrected chi connectivity index (χ2v) is 6.82. The van der Waals surface area contributed by atoms with Gasteiger partial charge in [-0.15, -0.1) is 11.3 Å². The molecule has 2 atom stereocenters. The molecule has 1 aromatic rings. The lowest BCUT2D eigenvalue weighted by atomic mass is 9.93. The second-order valence-electron chi connectivity index (χ2n) is 5.90. The number of thiophene rings is 1. The number of carbonyl (C=O) groups is 1. The average molecular weight is 294 g/mol. The van der Waals surface area contributed by atoms with Crippen LogP contribution in [0.4, 0.5) is 0 Å². The van der Waals surface area contributed by atoms with Gasteiger partial charge in [0.15, 0.2) is 0 Å². The van der Waals surface area contributed by atoms with E-state index in [-0.39, 0.29) is 12.0 Å². The van der Waals surface area contributed by atoms with Crippen molar-refractivity contribution < 1.29 is 9.53 Å². The molecule has 0 spiro atoms. The van der Waals surface area contributed by atoms with Crippen molar-refractivity contribution in [1.29, 1.82) is 0 Å². The first-order valence-corrected chi connectivity index (χ1v) is 8.16. The van der Waals surface area contributed by atoms with Gasteiger partial charge in [0.25, 0.3) is 5.91 Å². The molecular formula is C15H22N2O2S. The van der Waals surface area contributed by atoms with Crippen LogP contribution < -0.4 is 0 Å². The molecule has 0 radical (unpaired) electrons. The molecule has 2 fully saturated rings. The maximum absolute atomic E-state index is 12.6. The highest BCUT2D eigenvalue weighted by Crippen LogP contribution is 2.26. The Morgan fingerprint density at radius 3 is 3.00 bits per heavy atom. The van der Waals surface area contributed by atoms with Crippen LogP contribution in [0.3, 0.4) is 0 Å². The van der Waals surface area contributed by atoms with Crippen molar-refractivity contribution in [2.24, 2.45) is 5.92 Å². The lowest BCUT2D eigenvalue weighted by molar-refractivity contribution is -0.0169. The van der Waals surface area contributed by atoms with Crippen LogP contribution in [-0.2, 0) is 4.74 Å². The summed E-state index contributed by atoms with van der Waals surface area (Å²) >= 11 is 1.54. The Bertz CT molecular complexity index is 488. The number of likely N-dealkylation sites (N-methyl/N-ethyl adjacent to an activating group) is 1. The summed E-state index contributed by atoms with van der Waals surface area (Å²) in [7, 11) is 2.15. The van der Waals surface area contributed by atoms with Crippen molar-refractivity contribution in [3.05, 3.63) is 21.9 Å². The standard InChI is InChI=1S/C15H22N2O2S/c1-11-4-8-20-14(11)15(18)17-5-3-12-9-16(2)6-7-19-13(12)10-17/h4,8,12-13H,3,5-7,9-10H2,1-2H3/t12-,13-/m0/s1. The molecule has 5 heteroatoms. The average Bonchev–Trinajstić information content (AvgIpc) is 2.76. The maximum Gasteiger partial charge on any atom is 0.264 e. The Labute approximate surface area is 124 Å². The Kier molecular flexibility index (Phi) is 4.10. The monoisotopic (exact) mass is 294 g/mol. The van der Waals surface area contributed by atoms with E-state index in [0.717, 1.165) is 49.6 Å². The van der Waals surface area contributed by atoms with Crippen molar-refractivity contribution in [2.45, 2.75) is 19.4 Å². The number of nitrogens with zero attached hydrogens (tertiary/aromatic N) is 2. The summed E-state index contributed by atoms with van der Waals surface area (Å²) in [5.41, 5.74) is 1.09. The highest BCUT2D eigenvalue weighted by atomic mass is 32.1. The van der Waals surface area contributed by atoms with Gasteiger partial charge >= 0.3 is 0 Å². The van der Waals surface area contributed by atoms with E-state index in [2.05, 4.69) is 11.9 Å². The summed E-state index contributed by atoms with van der Waals surface area (Å²) < 4.78 is 5.97. The molecule has 0 bridgehead atoms. The molecule has 2 aliphatic heterocycles. The van der Waals surface area contributed by atoms with Gasteiger partial charge in [-0.05, 0) is 37.4 Å². The van der Waals surface area contributed by atoms with Gasteiger partial charge in [-0.25, -0.2) is 0 Å². The highest BCUT2D eigenvalue weighted by Gasteiger charge is 2.35. The fraction of sp³-hybridized carbons (Fsp3) is 0.667. The van der Waals surface area contributed by atoms with Crippen molar-refractivity contribution in [3.8, 4) is 0 Å². The van der Waals surface area contributed by atoms with Crippen LogP contribution in [0.15, 0.2) is 11.4 Å². The third-order valence-electron chi connectivity index (χ3n) is 4.39. The van der Waals surface area contributed by atoms with Crippen LogP contribution in [0.25, 0.3) is 0 Å². The quantitative estimate of drug-likeness (QED) is 0.792. The molecule has 3 rings (SSSR count). The summed E-state index contributed by atoms with van der Waals surface area (Å²) in [6.45, 7) is 6.46. The Balaban J connectivity index is 1.69. The van der Waals surface area contributed by atoms with Crippen molar-refractivity contribution in [2.75, 3.05) is 39.8 Å². The molecule has 3 heterocycles. The number of hydrogen-bond acceptors (Lipinski definition) is 4. The van der Waals surface area contributed by atoms with Crippen LogP contribution in [-0.4, -0.2) is 61.6 Å². The van der Waals surface area contributed by atoms with E-state index in [1.807, 2.05) is 23.3 Å². The Morgan fingerprint density at radius 1 is 1.40 bits per heavy atom. The number of carbonyl (C=O) groups excluding carboxylic acids is 1. The molecule has 2 saturated heterocycles. The van der Waals surface area contributed by atoms with Crippen LogP contribution in [0.2, 0.25) is 0 Å². The smallest absolute Gasteiger partial charge is 0.264 e. The molecule has 0 aliphatic carbocycles. The number of piperidine rings is 1. The number of hydrogen-bond donors (Lipinski definition) is 0. The molecule has 0 N–H and O–H groups in total. The van der Waals surface area contributed by atoms with Crippen molar-refractivity contribution >= 4 is 17.2 Å². The number of aryl methyl sites for hydroxylation is 1. The molecule has 1 amide bonds. The van der Waals surface area contributed by atoms with Crippen LogP contribution >= 0.6 is 11.3 Å². The van der Waals surface area contributed by atoms with Gasteiger partial charge in [0.05, 0.1) is 17.6 Å². The minimum atomic E-state index is 0.178. The zero-order chi connectivity index (χ0) is 14.1. The molecule has 2 aliphatic rings. The predicted molar refractivity (Wildman–Crippen MR) is 80.3 cm³/mol. The summed E-state index contributed by atoms with van der Waals surface area (Å²) in [5, 5.41) is 1.99. The third kappa shape index (κ3) is 2.75. The van der Waals surface area contributed by atoms with E-state index in [1.54, 1.807) is 11.3 Å². The minimum Gasteiger partial charge on any atom is -0.375 e. The minimum absolute atomic E-state index is 0.178. The number of fused-ring (bicyclic) bond motifs is 1. The molecule has 0 saturated carbocycles. The number of amides is 1. The van der Waals surface area contributed by atoms with Gasteiger partial charge in [0.2, 0.25) is 0 Å². The lowest BCUT2D eigenvalue weighted by Gasteiger charge is -2.37. The highest BCUT2D eigenvalue weighted by molar-refractivity contribution is 7.12. The largest absolute Gasteiger partial charge is 0.375 e. The molecule has 110 valence electrons. The second kappa shape index (κ2) is 5.84. The molecular weight excluding hydrogens is 272 g/mol. The summed E-state index contributed by atoms with van der Waals surface area (Å²) in [4.78, 5) is 17.8. The summed E-state index contributed by atoms with van der Waals surface area (Å²) in [5.74, 6) is 0.744. The van der Waals surface area contributed by atoms with Crippen LogP contribution in [0, 0.1) is 12.8 Å². The summed E-state index contributed by atoms with van der Waals surface area (Å²) in [6, 6.07) is 2.02. The Hall–Kier alpha value is -0.910. The van der Waals surface area contributed by atoms with E-state index in [9.17, 15) is 4.79 Å². The summed E-state index contributed by atoms with van der Waals surface area (Å²) in [6.07, 6.45) is 1.25. The van der Waals surface area contributed by atoms with Crippen molar-refractivity contribution in [3.63, 3.8) is 0 Å². The predicted octanol–water partition coefficient (Wildman–Crippen LogP) is 1.85. The van der Waals surface area contributed by atoms with E-state index in [1.165, 1.54) is 0 Å². The third-order valence-corrected chi connectivity index (χ3v) is 5.40. The molecule has 0 unspecified atom stereocenters. The molecule has 20 heavy (non-hydrogen) atoms. The number of likely N-dealkylation sites (tertiary alicyclic amines) is 1. The van der Waals surface area contributed by atoms with Crippen LogP contribution in [0.1, 0.15) is 21.7 Å². The fourth-order valence-corrected chi connectivity index (χ4v) is 4.03. The first-order chi connectivity index (χ1) is 9.65. The first kappa shape index (κ1) is 14.0. The molecule has 1 aromatic heterocycles. The van der Waals surface area contributed by atoms with Gasteiger partial charge in [0.1, 0.15) is 0 Å². The molecule has 4 nitrogen and oxygen atoms in total. The normalized spacial score (nSPS) is 28.0.